The first-order valence-corrected chi connectivity index (χ1v) is 7.27. The number of benzene rings is 1. The van der Waals surface area contributed by atoms with Gasteiger partial charge >= 0.3 is 5.97 Å². The van der Waals surface area contributed by atoms with Gasteiger partial charge in [0.1, 0.15) is 5.82 Å². The second-order valence-corrected chi connectivity index (χ2v) is 5.89. The van der Waals surface area contributed by atoms with Gasteiger partial charge in [-0.2, -0.15) is 0 Å². The van der Waals surface area contributed by atoms with E-state index in [1.54, 1.807) is 6.07 Å². The molecule has 1 atom stereocenters. The Bertz CT molecular complexity index is 487. The molecule has 1 aliphatic heterocycles. The maximum atomic E-state index is 13.8. The summed E-state index contributed by atoms with van der Waals surface area (Å²) < 4.78 is 13.8. The van der Waals surface area contributed by atoms with Gasteiger partial charge in [-0.3, -0.25) is 0 Å². The normalized spacial score (nSPS) is 20.0. The van der Waals surface area contributed by atoms with E-state index >= 15 is 0 Å². The highest BCUT2D eigenvalue weighted by atomic mass is 19.1. The van der Waals surface area contributed by atoms with Crippen LogP contribution in [0.2, 0.25) is 0 Å². The van der Waals surface area contributed by atoms with E-state index in [0.29, 0.717) is 5.92 Å². The second kappa shape index (κ2) is 6.25. The molecule has 0 saturated carbocycles. The largest absolute Gasteiger partial charge is 0.478 e. The molecule has 110 valence electrons. The van der Waals surface area contributed by atoms with Crippen LogP contribution >= 0.6 is 0 Å². The molecule has 0 spiro atoms. The first-order valence-electron chi connectivity index (χ1n) is 7.27. The Labute approximate surface area is 119 Å². The lowest BCUT2D eigenvalue weighted by atomic mass is 9.89. The maximum Gasteiger partial charge on any atom is 0.338 e. The van der Waals surface area contributed by atoms with Crippen LogP contribution in [0.25, 0.3) is 0 Å². The molecule has 1 N–H and O–H groups in total. The molecule has 1 heterocycles. The molecule has 1 aromatic rings. The van der Waals surface area contributed by atoms with Crippen molar-refractivity contribution in [3.63, 3.8) is 0 Å². The van der Waals surface area contributed by atoms with Gasteiger partial charge in [-0.1, -0.05) is 13.8 Å². The van der Waals surface area contributed by atoms with Crippen LogP contribution in [0, 0.1) is 17.7 Å². The van der Waals surface area contributed by atoms with Gasteiger partial charge in [0.2, 0.25) is 0 Å². The molecule has 1 fully saturated rings. The van der Waals surface area contributed by atoms with Gasteiger partial charge in [0.15, 0.2) is 0 Å². The van der Waals surface area contributed by atoms with Crippen molar-refractivity contribution in [2.75, 3.05) is 18.0 Å². The zero-order chi connectivity index (χ0) is 14.7. The molecule has 1 aromatic carbocycles. The van der Waals surface area contributed by atoms with Crippen molar-refractivity contribution in [1.29, 1.82) is 0 Å². The number of hydrogen-bond donors (Lipinski definition) is 1. The van der Waals surface area contributed by atoms with Gasteiger partial charge in [0.25, 0.3) is 0 Å². The number of carbonyl (C=O) groups is 1. The van der Waals surface area contributed by atoms with E-state index in [-0.39, 0.29) is 5.56 Å². The predicted molar refractivity (Wildman–Crippen MR) is 77.8 cm³/mol. The number of carboxylic acid groups (broad SMARTS) is 1. The van der Waals surface area contributed by atoms with E-state index in [1.807, 2.05) is 0 Å². The summed E-state index contributed by atoms with van der Waals surface area (Å²) in [5.41, 5.74) is 0.528. The lowest BCUT2D eigenvalue weighted by Gasteiger charge is -2.23. The molecule has 3 nitrogen and oxygen atoms in total. The lowest BCUT2D eigenvalue weighted by Crippen LogP contribution is -2.24. The van der Waals surface area contributed by atoms with Gasteiger partial charge in [-0.25, -0.2) is 9.18 Å². The van der Waals surface area contributed by atoms with Gasteiger partial charge in [0, 0.05) is 18.8 Å². The molecule has 20 heavy (non-hydrogen) atoms. The van der Waals surface area contributed by atoms with Gasteiger partial charge in [-0.15, -0.1) is 0 Å². The minimum atomic E-state index is -1.22. The Morgan fingerprint density at radius 3 is 2.70 bits per heavy atom. The van der Waals surface area contributed by atoms with E-state index in [0.717, 1.165) is 37.5 Å². The number of aromatic carboxylic acids is 1. The summed E-state index contributed by atoms with van der Waals surface area (Å²) in [6.45, 7) is 6.33. The quantitative estimate of drug-likeness (QED) is 0.915. The zero-order valence-corrected chi connectivity index (χ0v) is 12.1. The van der Waals surface area contributed by atoms with Gasteiger partial charge < -0.3 is 10.0 Å². The summed E-state index contributed by atoms with van der Waals surface area (Å²) >= 11 is 0. The summed E-state index contributed by atoms with van der Waals surface area (Å²) in [7, 11) is 0. The monoisotopic (exact) mass is 279 g/mol. The van der Waals surface area contributed by atoms with E-state index in [1.165, 1.54) is 18.6 Å². The molecular formula is C16H22FNO2. The SMILES string of the molecule is CC(C)C1CCCN(c2ccc(C(=O)O)c(F)c2)CC1. The summed E-state index contributed by atoms with van der Waals surface area (Å²) in [5, 5.41) is 8.85. The van der Waals surface area contributed by atoms with Crippen molar-refractivity contribution in [2.45, 2.75) is 33.1 Å². The predicted octanol–water partition coefficient (Wildman–Crippen LogP) is 3.79. The molecule has 0 aliphatic carbocycles. The average molecular weight is 279 g/mol. The van der Waals surface area contributed by atoms with E-state index in [9.17, 15) is 9.18 Å². The lowest BCUT2D eigenvalue weighted by molar-refractivity contribution is 0.0692. The van der Waals surface area contributed by atoms with Gasteiger partial charge in [0.05, 0.1) is 5.56 Å². The van der Waals surface area contributed by atoms with Crippen molar-refractivity contribution in [1.82, 2.24) is 0 Å². The second-order valence-electron chi connectivity index (χ2n) is 5.89. The third kappa shape index (κ3) is 3.30. The van der Waals surface area contributed by atoms with E-state index in [2.05, 4.69) is 18.7 Å². The molecule has 0 amide bonds. The van der Waals surface area contributed by atoms with Crippen molar-refractivity contribution in [3.8, 4) is 0 Å². The van der Waals surface area contributed by atoms with E-state index < -0.39 is 11.8 Å². The summed E-state index contributed by atoms with van der Waals surface area (Å²) in [5.74, 6) is -0.464. The molecule has 4 heteroatoms. The maximum absolute atomic E-state index is 13.8. The van der Waals surface area contributed by atoms with Crippen LogP contribution in [0.1, 0.15) is 43.5 Å². The molecular weight excluding hydrogens is 257 g/mol. The van der Waals surface area contributed by atoms with Crippen LogP contribution in [-0.2, 0) is 0 Å². The zero-order valence-electron chi connectivity index (χ0n) is 12.1. The number of carboxylic acids is 1. The van der Waals surface area contributed by atoms with E-state index in [4.69, 9.17) is 5.11 Å². The average Bonchev–Trinajstić information content (AvgIpc) is 2.63. The number of anilines is 1. The Morgan fingerprint density at radius 2 is 2.10 bits per heavy atom. The summed E-state index contributed by atoms with van der Waals surface area (Å²) in [4.78, 5) is 13.0. The number of halogens is 1. The van der Waals surface area contributed by atoms with Crippen LogP contribution in [0.4, 0.5) is 10.1 Å². The first-order chi connectivity index (χ1) is 9.49. The topological polar surface area (TPSA) is 40.5 Å². The molecule has 1 aliphatic rings. The standard InChI is InChI=1S/C16H22FNO2/c1-11(2)12-4-3-8-18(9-7-12)13-5-6-14(16(19)20)15(17)10-13/h5-6,10-12H,3-4,7-9H2,1-2H3,(H,19,20). The summed E-state index contributed by atoms with van der Waals surface area (Å²) in [6, 6.07) is 4.42. The van der Waals surface area contributed by atoms with Crippen LogP contribution < -0.4 is 4.90 Å². The minimum absolute atomic E-state index is 0.261. The minimum Gasteiger partial charge on any atom is -0.478 e. The molecule has 0 aromatic heterocycles. The van der Waals surface area contributed by atoms with Crippen LogP contribution in [-0.4, -0.2) is 24.2 Å². The molecule has 2 rings (SSSR count). The third-order valence-electron chi connectivity index (χ3n) is 4.26. The van der Waals surface area contributed by atoms with Crippen LogP contribution in [0.5, 0.6) is 0 Å². The number of rotatable bonds is 3. The van der Waals surface area contributed by atoms with Crippen molar-refractivity contribution in [3.05, 3.63) is 29.6 Å². The van der Waals surface area contributed by atoms with Crippen molar-refractivity contribution >= 4 is 11.7 Å². The fraction of sp³-hybridized carbons (Fsp3) is 0.562. The highest BCUT2D eigenvalue weighted by Crippen LogP contribution is 2.28. The smallest absolute Gasteiger partial charge is 0.338 e. The highest BCUT2D eigenvalue weighted by molar-refractivity contribution is 5.88. The highest BCUT2D eigenvalue weighted by Gasteiger charge is 2.20. The van der Waals surface area contributed by atoms with Crippen LogP contribution in [0.15, 0.2) is 18.2 Å². The Hall–Kier alpha value is -1.58. The Balaban J connectivity index is 2.12. The van der Waals surface area contributed by atoms with Gasteiger partial charge in [-0.05, 0) is 49.3 Å². The first kappa shape index (κ1) is 14.8. The Morgan fingerprint density at radius 1 is 1.35 bits per heavy atom. The Kier molecular flexibility index (Phi) is 4.63. The molecule has 1 saturated heterocycles. The molecule has 0 radical (unpaired) electrons. The fourth-order valence-corrected chi connectivity index (χ4v) is 2.92. The molecule has 0 bridgehead atoms. The third-order valence-corrected chi connectivity index (χ3v) is 4.26. The van der Waals surface area contributed by atoms with Crippen molar-refractivity contribution < 1.29 is 14.3 Å². The van der Waals surface area contributed by atoms with Crippen LogP contribution in [0.3, 0.4) is 0 Å². The number of nitrogens with zero attached hydrogens (tertiary/aromatic N) is 1. The number of hydrogen-bond acceptors (Lipinski definition) is 2. The molecule has 1 unspecified atom stereocenters. The van der Waals surface area contributed by atoms with Crippen molar-refractivity contribution in [2.24, 2.45) is 11.8 Å². The summed E-state index contributed by atoms with van der Waals surface area (Å²) in [6.07, 6.45) is 3.43. The fourth-order valence-electron chi connectivity index (χ4n) is 2.92.